The third kappa shape index (κ3) is 4.05. The molecule has 0 aliphatic carbocycles. The summed E-state index contributed by atoms with van der Waals surface area (Å²) in [5.41, 5.74) is 2.30. The molecule has 7 heteroatoms. The van der Waals surface area contributed by atoms with Gasteiger partial charge in [-0.15, -0.1) is 0 Å². The van der Waals surface area contributed by atoms with Gasteiger partial charge in [-0.25, -0.2) is 0 Å². The SMILES string of the molecule is CC(=O)Nc1cc(NC(=O)c2cc(-c3ccccc3)no2)ccc1Cl. The van der Waals surface area contributed by atoms with Crippen LogP contribution in [0.5, 0.6) is 0 Å². The zero-order valence-electron chi connectivity index (χ0n) is 13.2. The van der Waals surface area contributed by atoms with E-state index in [0.717, 1.165) is 5.56 Å². The van der Waals surface area contributed by atoms with Gasteiger partial charge in [-0.05, 0) is 18.2 Å². The predicted octanol–water partition coefficient (Wildman–Crippen LogP) is 4.21. The Kier molecular flexibility index (Phi) is 4.81. The lowest BCUT2D eigenvalue weighted by Crippen LogP contribution is -2.12. The molecule has 0 unspecified atom stereocenters. The van der Waals surface area contributed by atoms with E-state index in [1.165, 1.54) is 6.92 Å². The van der Waals surface area contributed by atoms with Gasteiger partial charge in [-0.3, -0.25) is 9.59 Å². The van der Waals surface area contributed by atoms with Gasteiger partial charge < -0.3 is 15.2 Å². The Bertz CT molecular complexity index is 922. The van der Waals surface area contributed by atoms with Gasteiger partial charge in [-0.1, -0.05) is 47.1 Å². The summed E-state index contributed by atoms with van der Waals surface area (Å²) in [5, 5.41) is 9.56. The number of nitrogens with zero attached hydrogens (tertiary/aromatic N) is 1. The van der Waals surface area contributed by atoms with Crippen LogP contribution >= 0.6 is 11.6 Å². The van der Waals surface area contributed by atoms with Crippen LogP contribution < -0.4 is 10.6 Å². The van der Waals surface area contributed by atoms with Gasteiger partial charge in [-0.2, -0.15) is 0 Å². The second kappa shape index (κ2) is 7.19. The Hall–Kier alpha value is -3.12. The first-order valence-electron chi connectivity index (χ1n) is 7.43. The van der Waals surface area contributed by atoms with Crippen molar-refractivity contribution in [3.63, 3.8) is 0 Å². The minimum Gasteiger partial charge on any atom is -0.350 e. The molecule has 1 aromatic heterocycles. The van der Waals surface area contributed by atoms with E-state index in [1.807, 2.05) is 30.3 Å². The van der Waals surface area contributed by atoms with Crippen LogP contribution in [0.15, 0.2) is 59.1 Å². The fourth-order valence-corrected chi connectivity index (χ4v) is 2.37. The maximum Gasteiger partial charge on any atom is 0.294 e. The van der Waals surface area contributed by atoms with Crippen LogP contribution in [0.3, 0.4) is 0 Å². The summed E-state index contributed by atoms with van der Waals surface area (Å²) in [6.07, 6.45) is 0. The molecule has 3 rings (SSSR count). The molecule has 0 aliphatic heterocycles. The number of anilines is 2. The summed E-state index contributed by atoms with van der Waals surface area (Å²) in [4.78, 5) is 23.5. The molecule has 0 aliphatic rings. The van der Waals surface area contributed by atoms with Crippen molar-refractivity contribution in [3.05, 3.63) is 65.4 Å². The number of halogens is 1. The first kappa shape index (κ1) is 16.7. The lowest BCUT2D eigenvalue weighted by atomic mass is 10.1. The molecule has 0 bridgehead atoms. The summed E-state index contributed by atoms with van der Waals surface area (Å²) in [6, 6.07) is 15.7. The highest BCUT2D eigenvalue weighted by Crippen LogP contribution is 2.26. The van der Waals surface area contributed by atoms with Crippen molar-refractivity contribution in [2.45, 2.75) is 6.92 Å². The summed E-state index contributed by atoms with van der Waals surface area (Å²) in [7, 11) is 0. The van der Waals surface area contributed by atoms with Crippen LogP contribution in [0, 0.1) is 0 Å². The second-order valence-electron chi connectivity index (χ2n) is 5.27. The highest BCUT2D eigenvalue weighted by atomic mass is 35.5. The lowest BCUT2D eigenvalue weighted by molar-refractivity contribution is -0.114. The molecule has 6 nitrogen and oxygen atoms in total. The topological polar surface area (TPSA) is 84.2 Å². The highest BCUT2D eigenvalue weighted by molar-refractivity contribution is 6.33. The van der Waals surface area contributed by atoms with E-state index in [2.05, 4.69) is 15.8 Å². The zero-order valence-corrected chi connectivity index (χ0v) is 14.0. The quantitative estimate of drug-likeness (QED) is 0.734. The Morgan fingerprint density at radius 2 is 1.80 bits per heavy atom. The van der Waals surface area contributed by atoms with Gasteiger partial charge >= 0.3 is 0 Å². The number of amides is 2. The predicted molar refractivity (Wildman–Crippen MR) is 95.6 cm³/mol. The highest BCUT2D eigenvalue weighted by Gasteiger charge is 2.15. The van der Waals surface area contributed by atoms with Gasteiger partial charge in [0, 0.05) is 24.2 Å². The van der Waals surface area contributed by atoms with Gasteiger partial charge in [0.25, 0.3) is 5.91 Å². The van der Waals surface area contributed by atoms with Crippen molar-refractivity contribution in [1.29, 1.82) is 0 Å². The molecule has 25 heavy (non-hydrogen) atoms. The van der Waals surface area contributed by atoms with Crippen LogP contribution in [-0.2, 0) is 4.79 Å². The van der Waals surface area contributed by atoms with E-state index in [0.29, 0.717) is 22.1 Å². The van der Waals surface area contributed by atoms with E-state index < -0.39 is 5.91 Å². The largest absolute Gasteiger partial charge is 0.350 e. The Balaban J connectivity index is 1.77. The van der Waals surface area contributed by atoms with Crippen LogP contribution in [0.25, 0.3) is 11.3 Å². The molecule has 0 fully saturated rings. The van der Waals surface area contributed by atoms with Gasteiger partial charge in [0.2, 0.25) is 11.7 Å². The fraction of sp³-hybridized carbons (Fsp3) is 0.0556. The van der Waals surface area contributed by atoms with E-state index >= 15 is 0 Å². The minimum atomic E-state index is -0.453. The third-order valence-electron chi connectivity index (χ3n) is 3.34. The molecule has 0 saturated carbocycles. The van der Waals surface area contributed by atoms with Crippen molar-refractivity contribution < 1.29 is 14.1 Å². The van der Waals surface area contributed by atoms with Crippen LogP contribution in [0.2, 0.25) is 5.02 Å². The summed E-state index contributed by atoms with van der Waals surface area (Å²) < 4.78 is 5.11. The van der Waals surface area contributed by atoms with Gasteiger partial charge in [0.1, 0.15) is 5.69 Å². The average Bonchev–Trinajstić information content (AvgIpc) is 3.08. The molecule has 0 spiro atoms. The molecule has 3 aromatic rings. The molecule has 0 radical (unpaired) electrons. The normalized spacial score (nSPS) is 10.3. The van der Waals surface area contributed by atoms with E-state index in [-0.39, 0.29) is 11.7 Å². The summed E-state index contributed by atoms with van der Waals surface area (Å²) >= 11 is 6.01. The summed E-state index contributed by atoms with van der Waals surface area (Å²) in [5.74, 6) is -0.631. The fourth-order valence-electron chi connectivity index (χ4n) is 2.21. The molecule has 0 atom stereocenters. The van der Waals surface area contributed by atoms with Crippen molar-refractivity contribution in [2.24, 2.45) is 0 Å². The van der Waals surface area contributed by atoms with Crippen molar-refractivity contribution in [3.8, 4) is 11.3 Å². The zero-order chi connectivity index (χ0) is 17.8. The number of hydrogen-bond donors (Lipinski definition) is 2. The standard InChI is InChI=1S/C18H14ClN3O3/c1-11(23)20-16-9-13(7-8-14(16)19)21-18(24)17-10-15(22-25-17)12-5-3-2-4-6-12/h2-10H,1H3,(H,20,23)(H,21,24). The van der Waals surface area contributed by atoms with Gasteiger partial charge in [0.15, 0.2) is 0 Å². The Labute approximate surface area is 148 Å². The van der Waals surface area contributed by atoms with Crippen LogP contribution in [0.4, 0.5) is 11.4 Å². The summed E-state index contributed by atoms with van der Waals surface area (Å²) in [6.45, 7) is 1.38. The Morgan fingerprint density at radius 3 is 2.52 bits per heavy atom. The molecule has 2 aromatic carbocycles. The molecule has 2 N–H and O–H groups in total. The maximum atomic E-state index is 12.3. The Morgan fingerprint density at radius 1 is 1.04 bits per heavy atom. The molecular weight excluding hydrogens is 342 g/mol. The molecule has 126 valence electrons. The number of aromatic nitrogens is 1. The minimum absolute atomic E-state index is 0.0786. The number of carbonyl (C=O) groups is 2. The number of benzene rings is 2. The van der Waals surface area contributed by atoms with Crippen LogP contribution in [-0.4, -0.2) is 17.0 Å². The first-order chi connectivity index (χ1) is 12.0. The van der Waals surface area contributed by atoms with E-state index in [9.17, 15) is 9.59 Å². The van der Waals surface area contributed by atoms with E-state index in [1.54, 1.807) is 24.3 Å². The number of carbonyl (C=O) groups excluding carboxylic acids is 2. The lowest BCUT2D eigenvalue weighted by Gasteiger charge is -2.08. The van der Waals surface area contributed by atoms with Crippen molar-refractivity contribution >= 4 is 34.8 Å². The molecule has 0 saturated heterocycles. The second-order valence-corrected chi connectivity index (χ2v) is 5.68. The van der Waals surface area contributed by atoms with Crippen molar-refractivity contribution in [1.82, 2.24) is 5.16 Å². The molecule has 1 heterocycles. The van der Waals surface area contributed by atoms with Gasteiger partial charge in [0.05, 0.1) is 10.7 Å². The number of rotatable bonds is 4. The third-order valence-corrected chi connectivity index (χ3v) is 3.67. The first-order valence-corrected chi connectivity index (χ1v) is 7.81. The average molecular weight is 356 g/mol. The number of nitrogens with one attached hydrogen (secondary N) is 2. The van der Waals surface area contributed by atoms with Crippen LogP contribution in [0.1, 0.15) is 17.5 Å². The van der Waals surface area contributed by atoms with Crippen molar-refractivity contribution in [2.75, 3.05) is 10.6 Å². The smallest absolute Gasteiger partial charge is 0.294 e. The molecular formula is C18H14ClN3O3. The van der Waals surface area contributed by atoms with E-state index in [4.69, 9.17) is 16.1 Å². The molecule has 2 amide bonds. The monoisotopic (exact) mass is 355 g/mol. The maximum absolute atomic E-state index is 12.3. The number of hydrogen-bond acceptors (Lipinski definition) is 4.